The summed E-state index contributed by atoms with van der Waals surface area (Å²) in [5.41, 5.74) is 0.397. The minimum Gasteiger partial charge on any atom is -0.394 e. The molecule has 0 aliphatic carbocycles. The maximum absolute atomic E-state index is 13.2. The number of benzene rings is 1. The van der Waals surface area contributed by atoms with Gasteiger partial charge in [0.15, 0.2) is 0 Å². The van der Waals surface area contributed by atoms with Gasteiger partial charge in [0.1, 0.15) is 5.82 Å². The topological polar surface area (TPSA) is 70.6 Å². The lowest BCUT2D eigenvalue weighted by Gasteiger charge is -2.04. The van der Waals surface area contributed by atoms with E-state index in [2.05, 4.69) is 10.6 Å². The van der Waals surface area contributed by atoms with Crippen LogP contribution < -0.4 is 10.6 Å². The Bertz CT molecular complexity index is 424. The first kappa shape index (κ1) is 15.1. The van der Waals surface area contributed by atoms with Crippen LogP contribution in [0.4, 0.5) is 9.18 Å². The van der Waals surface area contributed by atoms with Crippen LogP contribution in [0.3, 0.4) is 0 Å². The van der Waals surface area contributed by atoms with Crippen LogP contribution in [0.15, 0.2) is 30.5 Å². The van der Waals surface area contributed by atoms with Crippen LogP contribution in [0.1, 0.15) is 5.56 Å². The Labute approximate surface area is 111 Å². The normalized spacial score (nSPS) is 10.6. The predicted octanol–water partition coefficient (Wildman–Crippen LogP) is 1.10. The molecule has 3 N–H and O–H groups in total. The molecule has 19 heavy (non-hydrogen) atoms. The number of hydrogen-bond acceptors (Lipinski definition) is 3. The zero-order valence-corrected chi connectivity index (χ0v) is 10.4. The molecule has 2 amide bonds. The van der Waals surface area contributed by atoms with Gasteiger partial charge in [-0.15, -0.1) is 0 Å². The van der Waals surface area contributed by atoms with Crippen molar-refractivity contribution in [3.63, 3.8) is 0 Å². The second kappa shape index (κ2) is 9.07. The van der Waals surface area contributed by atoms with Gasteiger partial charge in [-0.25, -0.2) is 9.18 Å². The van der Waals surface area contributed by atoms with Crippen LogP contribution in [0.5, 0.6) is 0 Å². The minimum atomic E-state index is -0.403. The molecule has 0 aromatic heterocycles. The van der Waals surface area contributed by atoms with Crippen LogP contribution in [-0.2, 0) is 4.74 Å². The Hall–Kier alpha value is -1.92. The molecule has 6 heteroatoms. The maximum atomic E-state index is 13.2. The van der Waals surface area contributed by atoms with E-state index < -0.39 is 6.03 Å². The van der Waals surface area contributed by atoms with Crippen molar-refractivity contribution >= 4 is 12.1 Å². The lowest BCUT2D eigenvalue weighted by Crippen LogP contribution is -2.34. The number of aliphatic hydroxyl groups excluding tert-OH is 1. The lowest BCUT2D eigenvalue weighted by molar-refractivity contribution is 0.0948. The first-order valence-electron chi connectivity index (χ1n) is 5.88. The number of halogens is 1. The highest BCUT2D eigenvalue weighted by Gasteiger charge is 1.97. The van der Waals surface area contributed by atoms with Gasteiger partial charge in [0, 0.05) is 18.3 Å². The number of nitrogens with one attached hydrogen (secondary N) is 2. The molecule has 0 radical (unpaired) electrons. The van der Waals surface area contributed by atoms with Crippen LogP contribution in [0, 0.1) is 5.82 Å². The molecular weight excluding hydrogens is 251 g/mol. The van der Waals surface area contributed by atoms with Crippen molar-refractivity contribution in [3.8, 4) is 0 Å². The molecule has 0 heterocycles. The molecule has 0 fully saturated rings. The van der Waals surface area contributed by atoms with E-state index in [9.17, 15) is 9.18 Å². The van der Waals surface area contributed by atoms with E-state index in [-0.39, 0.29) is 19.0 Å². The fourth-order valence-corrected chi connectivity index (χ4v) is 1.27. The van der Waals surface area contributed by atoms with Gasteiger partial charge in [-0.2, -0.15) is 0 Å². The van der Waals surface area contributed by atoms with Gasteiger partial charge >= 0.3 is 6.03 Å². The van der Waals surface area contributed by atoms with Gasteiger partial charge in [0.25, 0.3) is 0 Å². The van der Waals surface area contributed by atoms with Crippen LogP contribution in [0.25, 0.3) is 6.08 Å². The van der Waals surface area contributed by atoms with Crippen molar-refractivity contribution in [1.82, 2.24) is 10.6 Å². The zero-order chi connectivity index (χ0) is 13.9. The fraction of sp³-hybridized carbons (Fsp3) is 0.308. The summed E-state index contributed by atoms with van der Waals surface area (Å²) >= 11 is 0. The second-order valence-corrected chi connectivity index (χ2v) is 3.59. The number of carbonyl (C=O) groups excluding carboxylic acids is 1. The number of carbonyl (C=O) groups is 1. The average molecular weight is 268 g/mol. The molecule has 1 aromatic rings. The summed E-state index contributed by atoms with van der Waals surface area (Å²) in [6, 6.07) is 5.85. The molecule has 0 spiro atoms. The molecule has 0 unspecified atom stereocenters. The smallest absolute Gasteiger partial charge is 0.318 e. The van der Waals surface area contributed by atoms with E-state index in [1.54, 1.807) is 18.2 Å². The van der Waals surface area contributed by atoms with Crippen molar-refractivity contribution in [2.24, 2.45) is 0 Å². The summed E-state index contributed by atoms with van der Waals surface area (Å²) < 4.78 is 18.2. The number of hydrogen-bond donors (Lipinski definition) is 3. The number of rotatable bonds is 7. The summed E-state index contributed by atoms with van der Waals surface area (Å²) in [6.07, 6.45) is 2.83. The number of ether oxygens (including phenoxy) is 1. The Kier molecular flexibility index (Phi) is 7.23. The molecule has 0 saturated carbocycles. The van der Waals surface area contributed by atoms with Crippen molar-refractivity contribution in [2.45, 2.75) is 0 Å². The average Bonchev–Trinajstić information content (AvgIpc) is 2.41. The van der Waals surface area contributed by atoms with E-state index >= 15 is 0 Å². The van der Waals surface area contributed by atoms with Gasteiger partial charge < -0.3 is 20.5 Å². The first-order chi connectivity index (χ1) is 9.24. The van der Waals surface area contributed by atoms with E-state index in [1.165, 1.54) is 18.3 Å². The number of aliphatic hydroxyl groups is 1. The standard InChI is InChI=1S/C13H17FN2O3/c14-12-4-2-1-3-11(12)5-6-15-13(18)16-7-9-19-10-8-17/h1-6,17H,7-10H2,(H2,15,16,18)/b6-5+. The third-order valence-corrected chi connectivity index (χ3v) is 2.15. The predicted molar refractivity (Wildman–Crippen MR) is 69.9 cm³/mol. The van der Waals surface area contributed by atoms with Gasteiger partial charge in [0.05, 0.1) is 19.8 Å². The van der Waals surface area contributed by atoms with Gasteiger partial charge in [-0.05, 0) is 12.1 Å². The highest BCUT2D eigenvalue weighted by atomic mass is 19.1. The van der Waals surface area contributed by atoms with Crippen LogP contribution in [-0.4, -0.2) is 37.5 Å². The Morgan fingerprint density at radius 2 is 2.16 bits per heavy atom. The summed E-state index contributed by atoms with van der Waals surface area (Å²) in [5.74, 6) is -0.349. The van der Waals surface area contributed by atoms with E-state index in [1.807, 2.05) is 0 Å². The summed E-state index contributed by atoms with van der Waals surface area (Å²) in [7, 11) is 0. The first-order valence-corrected chi connectivity index (χ1v) is 5.88. The molecule has 1 aromatic carbocycles. The highest BCUT2D eigenvalue weighted by Crippen LogP contribution is 2.07. The Morgan fingerprint density at radius 1 is 1.37 bits per heavy atom. The molecule has 104 valence electrons. The Balaban J connectivity index is 2.21. The van der Waals surface area contributed by atoms with E-state index in [0.717, 1.165) is 0 Å². The largest absolute Gasteiger partial charge is 0.394 e. The molecule has 5 nitrogen and oxygen atoms in total. The molecule has 0 aliphatic rings. The van der Waals surface area contributed by atoms with Gasteiger partial charge in [-0.1, -0.05) is 18.2 Å². The monoisotopic (exact) mass is 268 g/mol. The van der Waals surface area contributed by atoms with E-state index in [0.29, 0.717) is 18.7 Å². The van der Waals surface area contributed by atoms with Gasteiger partial charge in [-0.3, -0.25) is 0 Å². The summed E-state index contributed by atoms with van der Waals surface area (Å²) in [4.78, 5) is 11.3. The highest BCUT2D eigenvalue weighted by molar-refractivity contribution is 5.75. The lowest BCUT2D eigenvalue weighted by atomic mass is 10.2. The van der Waals surface area contributed by atoms with Crippen molar-refractivity contribution < 1.29 is 19.0 Å². The second-order valence-electron chi connectivity index (χ2n) is 3.59. The quantitative estimate of drug-likeness (QED) is 0.649. The van der Waals surface area contributed by atoms with Gasteiger partial charge in [0.2, 0.25) is 0 Å². The fourth-order valence-electron chi connectivity index (χ4n) is 1.27. The van der Waals surface area contributed by atoms with E-state index in [4.69, 9.17) is 9.84 Å². The van der Waals surface area contributed by atoms with Crippen LogP contribution in [0.2, 0.25) is 0 Å². The maximum Gasteiger partial charge on any atom is 0.318 e. The minimum absolute atomic E-state index is 0.0441. The number of urea groups is 1. The molecular formula is C13H17FN2O3. The molecule has 0 bridgehead atoms. The third kappa shape index (κ3) is 6.54. The Morgan fingerprint density at radius 3 is 2.89 bits per heavy atom. The third-order valence-electron chi connectivity index (χ3n) is 2.15. The summed E-state index contributed by atoms with van der Waals surface area (Å²) in [6.45, 7) is 0.860. The molecule has 0 atom stereocenters. The van der Waals surface area contributed by atoms with Crippen molar-refractivity contribution in [3.05, 3.63) is 41.8 Å². The van der Waals surface area contributed by atoms with Crippen molar-refractivity contribution in [1.29, 1.82) is 0 Å². The number of amides is 2. The molecule has 0 saturated heterocycles. The van der Waals surface area contributed by atoms with Crippen LogP contribution >= 0.6 is 0 Å². The summed E-state index contributed by atoms with van der Waals surface area (Å²) in [5, 5.41) is 13.4. The zero-order valence-electron chi connectivity index (χ0n) is 10.4. The molecule has 1 rings (SSSR count). The molecule has 0 aliphatic heterocycles. The SMILES string of the molecule is O=C(N/C=C/c1ccccc1F)NCCOCCO. The van der Waals surface area contributed by atoms with Crippen molar-refractivity contribution in [2.75, 3.05) is 26.4 Å².